The van der Waals surface area contributed by atoms with Gasteiger partial charge >= 0.3 is 0 Å². The molecular formula is C32H21NS. The molecule has 1 heterocycles. The van der Waals surface area contributed by atoms with Crippen LogP contribution in [0.15, 0.2) is 127 Å². The monoisotopic (exact) mass is 451 g/mol. The molecule has 34 heavy (non-hydrogen) atoms. The molecule has 0 atom stereocenters. The van der Waals surface area contributed by atoms with Crippen LogP contribution in [-0.2, 0) is 0 Å². The summed E-state index contributed by atoms with van der Waals surface area (Å²) in [5.41, 5.74) is 3.49. The van der Waals surface area contributed by atoms with E-state index >= 15 is 0 Å². The number of anilines is 3. The maximum Gasteiger partial charge on any atom is 0.0476 e. The number of hydrogen-bond donors (Lipinski definition) is 0. The van der Waals surface area contributed by atoms with E-state index in [0.717, 1.165) is 11.4 Å². The first-order valence-corrected chi connectivity index (χ1v) is 12.3. The molecule has 0 aliphatic heterocycles. The van der Waals surface area contributed by atoms with Crippen LogP contribution in [0.3, 0.4) is 0 Å². The van der Waals surface area contributed by atoms with Crippen LogP contribution in [0.4, 0.5) is 17.1 Å². The molecule has 0 radical (unpaired) electrons. The highest BCUT2D eigenvalue weighted by molar-refractivity contribution is 7.26. The van der Waals surface area contributed by atoms with Crippen LogP contribution in [0.1, 0.15) is 0 Å². The zero-order valence-corrected chi connectivity index (χ0v) is 19.3. The number of rotatable bonds is 3. The van der Waals surface area contributed by atoms with Gasteiger partial charge in [-0.3, -0.25) is 0 Å². The SMILES string of the molecule is c1ccc(N(c2ccc3ccccc3c2)c2ccc3c(c2)sc2ccc4ccccc4c23)cc1. The van der Waals surface area contributed by atoms with E-state index in [2.05, 4.69) is 132 Å². The molecule has 0 spiro atoms. The zero-order chi connectivity index (χ0) is 22.5. The number of para-hydroxylation sites is 1. The van der Waals surface area contributed by atoms with Crippen LogP contribution in [0.5, 0.6) is 0 Å². The van der Waals surface area contributed by atoms with E-state index in [-0.39, 0.29) is 0 Å². The second-order valence-corrected chi connectivity index (χ2v) is 9.73. The zero-order valence-electron chi connectivity index (χ0n) is 18.5. The summed E-state index contributed by atoms with van der Waals surface area (Å²) in [6, 6.07) is 46.0. The van der Waals surface area contributed by atoms with Crippen molar-refractivity contribution in [3.05, 3.63) is 127 Å². The van der Waals surface area contributed by atoms with E-state index in [1.807, 2.05) is 11.3 Å². The van der Waals surface area contributed by atoms with Crippen LogP contribution >= 0.6 is 11.3 Å². The van der Waals surface area contributed by atoms with Crippen LogP contribution in [-0.4, -0.2) is 0 Å². The van der Waals surface area contributed by atoms with Crippen LogP contribution in [0.2, 0.25) is 0 Å². The Kier molecular flexibility index (Phi) is 4.39. The van der Waals surface area contributed by atoms with Gasteiger partial charge in [-0.15, -0.1) is 11.3 Å². The lowest BCUT2D eigenvalue weighted by Crippen LogP contribution is -2.09. The Morgan fingerprint density at radius 3 is 1.97 bits per heavy atom. The lowest BCUT2D eigenvalue weighted by Gasteiger charge is -2.26. The molecule has 0 saturated carbocycles. The predicted molar refractivity (Wildman–Crippen MR) is 149 cm³/mol. The normalized spacial score (nSPS) is 11.5. The van der Waals surface area contributed by atoms with Crippen LogP contribution in [0, 0.1) is 0 Å². The summed E-state index contributed by atoms with van der Waals surface area (Å²) in [5.74, 6) is 0. The van der Waals surface area contributed by atoms with Crippen molar-refractivity contribution in [2.45, 2.75) is 0 Å². The fourth-order valence-electron chi connectivity index (χ4n) is 5.01. The highest BCUT2D eigenvalue weighted by Gasteiger charge is 2.15. The molecule has 0 saturated heterocycles. The summed E-state index contributed by atoms with van der Waals surface area (Å²) in [4.78, 5) is 2.36. The second kappa shape index (κ2) is 7.72. The molecule has 1 aromatic heterocycles. The molecule has 0 amide bonds. The van der Waals surface area contributed by atoms with E-state index in [9.17, 15) is 0 Å². The van der Waals surface area contributed by atoms with E-state index in [4.69, 9.17) is 0 Å². The van der Waals surface area contributed by atoms with Crippen LogP contribution in [0.25, 0.3) is 41.7 Å². The molecule has 6 aromatic carbocycles. The van der Waals surface area contributed by atoms with Crippen molar-refractivity contribution < 1.29 is 0 Å². The number of nitrogens with zero attached hydrogens (tertiary/aromatic N) is 1. The van der Waals surface area contributed by atoms with Gasteiger partial charge in [-0.25, -0.2) is 0 Å². The van der Waals surface area contributed by atoms with Gasteiger partial charge in [0.2, 0.25) is 0 Å². The maximum atomic E-state index is 2.36. The lowest BCUT2D eigenvalue weighted by atomic mass is 10.0. The Balaban J connectivity index is 1.46. The molecule has 0 N–H and O–H groups in total. The first-order valence-electron chi connectivity index (χ1n) is 11.5. The third-order valence-corrected chi connectivity index (χ3v) is 7.73. The van der Waals surface area contributed by atoms with Crippen molar-refractivity contribution in [3.63, 3.8) is 0 Å². The number of thiophene rings is 1. The van der Waals surface area contributed by atoms with Crippen molar-refractivity contribution in [3.8, 4) is 0 Å². The molecule has 0 aliphatic carbocycles. The van der Waals surface area contributed by atoms with Gasteiger partial charge in [-0.1, -0.05) is 84.9 Å². The van der Waals surface area contributed by atoms with Gasteiger partial charge in [-0.05, 0) is 64.0 Å². The van der Waals surface area contributed by atoms with Crippen molar-refractivity contribution in [1.82, 2.24) is 0 Å². The number of benzene rings is 6. The highest BCUT2D eigenvalue weighted by atomic mass is 32.1. The fraction of sp³-hybridized carbons (Fsp3) is 0. The van der Waals surface area contributed by atoms with Crippen molar-refractivity contribution in [2.75, 3.05) is 4.90 Å². The van der Waals surface area contributed by atoms with Gasteiger partial charge in [-0.2, -0.15) is 0 Å². The van der Waals surface area contributed by atoms with E-state index in [1.54, 1.807) is 0 Å². The smallest absolute Gasteiger partial charge is 0.0476 e. The molecule has 7 aromatic rings. The Morgan fingerprint density at radius 1 is 0.412 bits per heavy atom. The largest absolute Gasteiger partial charge is 0.310 e. The Labute approximate surface area is 202 Å². The third-order valence-electron chi connectivity index (χ3n) is 6.61. The molecular weight excluding hydrogens is 430 g/mol. The molecule has 0 aliphatic rings. The predicted octanol–water partition coefficient (Wildman–Crippen LogP) is 9.83. The summed E-state index contributed by atoms with van der Waals surface area (Å²) in [6.07, 6.45) is 0. The highest BCUT2D eigenvalue weighted by Crippen LogP contribution is 2.42. The number of hydrogen-bond acceptors (Lipinski definition) is 2. The summed E-state index contributed by atoms with van der Waals surface area (Å²) in [5, 5.41) is 7.81. The first-order chi connectivity index (χ1) is 16.8. The van der Waals surface area contributed by atoms with Gasteiger partial charge < -0.3 is 4.90 Å². The van der Waals surface area contributed by atoms with Gasteiger partial charge in [0.15, 0.2) is 0 Å². The summed E-state index contributed by atoms with van der Waals surface area (Å²) < 4.78 is 2.65. The molecule has 160 valence electrons. The molecule has 0 bridgehead atoms. The van der Waals surface area contributed by atoms with Crippen molar-refractivity contribution >= 4 is 70.1 Å². The van der Waals surface area contributed by atoms with Crippen molar-refractivity contribution in [1.29, 1.82) is 0 Å². The summed E-state index contributed by atoms with van der Waals surface area (Å²) in [6.45, 7) is 0. The average molecular weight is 452 g/mol. The lowest BCUT2D eigenvalue weighted by molar-refractivity contribution is 1.30. The van der Waals surface area contributed by atoms with E-state index in [1.165, 1.54) is 47.4 Å². The third kappa shape index (κ3) is 3.07. The Bertz CT molecular complexity index is 1810. The summed E-state index contributed by atoms with van der Waals surface area (Å²) >= 11 is 1.87. The maximum absolute atomic E-state index is 2.36. The first kappa shape index (κ1) is 19.3. The minimum absolute atomic E-state index is 1.16. The van der Waals surface area contributed by atoms with E-state index in [0.29, 0.717) is 0 Å². The molecule has 1 nitrogen and oxygen atoms in total. The standard InChI is InChI=1S/C32H21NS/c1-2-11-25(12-3-1)33(26-16-14-22-8-4-5-10-24(22)20-26)27-17-18-29-31(21-27)34-30-19-15-23-9-6-7-13-28(23)32(29)30/h1-21H. The molecule has 7 rings (SSSR count). The van der Waals surface area contributed by atoms with Gasteiger partial charge in [0.1, 0.15) is 0 Å². The topological polar surface area (TPSA) is 3.24 Å². The van der Waals surface area contributed by atoms with Crippen LogP contribution < -0.4 is 4.90 Å². The fourth-order valence-corrected chi connectivity index (χ4v) is 6.17. The van der Waals surface area contributed by atoms with E-state index < -0.39 is 0 Å². The average Bonchev–Trinajstić information content (AvgIpc) is 3.28. The van der Waals surface area contributed by atoms with Gasteiger partial charge in [0.05, 0.1) is 0 Å². The van der Waals surface area contributed by atoms with Gasteiger partial charge in [0.25, 0.3) is 0 Å². The molecule has 2 heteroatoms. The Hall–Kier alpha value is -4.14. The molecule has 0 fully saturated rings. The van der Waals surface area contributed by atoms with Gasteiger partial charge in [0, 0.05) is 37.2 Å². The minimum Gasteiger partial charge on any atom is -0.310 e. The minimum atomic E-state index is 1.16. The number of fused-ring (bicyclic) bond motifs is 6. The molecule has 0 unspecified atom stereocenters. The Morgan fingerprint density at radius 2 is 1.09 bits per heavy atom. The second-order valence-electron chi connectivity index (χ2n) is 8.64. The van der Waals surface area contributed by atoms with Crippen molar-refractivity contribution in [2.24, 2.45) is 0 Å². The summed E-state index contributed by atoms with van der Waals surface area (Å²) in [7, 11) is 0. The quantitative estimate of drug-likeness (QED) is 0.258.